The van der Waals surface area contributed by atoms with Crippen LogP contribution in [0.5, 0.6) is 0 Å². The lowest BCUT2D eigenvalue weighted by Gasteiger charge is -2.43. The largest absolute Gasteiger partial charge is 0.459 e. The highest BCUT2D eigenvalue weighted by Crippen LogP contribution is 2.34. The van der Waals surface area contributed by atoms with Gasteiger partial charge in [-0.15, -0.1) is 0 Å². The van der Waals surface area contributed by atoms with Crippen LogP contribution in [0.1, 0.15) is 26.3 Å². The van der Waals surface area contributed by atoms with E-state index < -0.39 is 64.3 Å². The van der Waals surface area contributed by atoms with E-state index in [1.165, 1.54) is 0 Å². The number of carbonyl (C=O) groups excluding carboxylic acids is 4. The van der Waals surface area contributed by atoms with Crippen molar-refractivity contribution in [1.82, 2.24) is 0 Å². The molecule has 0 amide bonds. The molecule has 0 bridgehead atoms. The van der Waals surface area contributed by atoms with Crippen molar-refractivity contribution in [3.8, 4) is 0 Å². The van der Waals surface area contributed by atoms with E-state index >= 15 is 0 Å². The topological polar surface area (TPSA) is 148 Å². The van der Waals surface area contributed by atoms with Gasteiger partial charge in [-0.3, -0.25) is 19.8 Å². The predicted octanol–water partition coefficient (Wildman–Crippen LogP) is 2.61. The molecular formula is C21H22Cl3NO10. The van der Waals surface area contributed by atoms with E-state index in [1.54, 1.807) is 30.3 Å². The summed E-state index contributed by atoms with van der Waals surface area (Å²) < 4.78 is 29.3. The second-order valence-electron chi connectivity index (χ2n) is 7.19. The zero-order valence-electron chi connectivity index (χ0n) is 18.7. The Morgan fingerprint density at radius 3 is 1.89 bits per heavy atom. The van der Waals surface area contributed by atoms with Crippen molar-refractivity contribution in [1.29, 1.82) is 5.41 Å². The van der Waals surface area contributed by atoms with Crippen LogP contribution in [0.25, 0.3) is 0 Å². The van der Waals surface area contributed by atoms with Crippen molar-refractivity contribution in [2.75, 3.05) is 0 Å². The second-order valence-corrected chi connectivity index (χ2v) is 9.47. The standard InChI is InChI=1S/C21H22Cl3NO10/c1-10(26)31-14-15(32-11(2)27)17(33-12(3)28)19(35-20(25)21(22,23)24)34-16(14)18(29)30-9-13-7-5-4-6-8-13/h4-8,14-17,19,25H,9H2,1-3H3. The molecule has 5 unspecified atom stereocenters. The molecule has 0 saturated carbocycles. The van der Waals surface area contributed by atoms with Gasteiger partial charge in [0.1, 0.15) is 6.61 Å². The Morgan fingerprint density at radius 1 is 0.857 bits per heavy atom. The highest BCUT2D eigenvalue weighted by molar-refractivity contribution is 6.76. The Hall–Kier alpha value is -2.60. The molecule has 5 atom stereocenters. The zero-order chi connectivity index (χ0) is 26.3. The van der Waals surface area contributed by atoms with E-state index in [2.05, 4.69) is 0 Å². The van der Waals surface area contributed by atoms with Gasteiger partial charge in [-0.2, -0.15) is 0 Å². The lowest BCUT2D eigenvalue weighted by atomic mass is 9.97. The summed E-state index contributed by atoms with van der Waals surface area (Å²) in [6.45, 7) is 2.93. The van der Waals surface area contributed by atoms with E-state index in [0.29, 0.717) is 5.56 Å². The average Bonchev–Trinajstić information content (AvgIpc) is 2.74. The lowest BCUT2D eigenvalue weighted by molar-refractivity contribution is -0.286. The van der Waals surface area contributed by atoms with Gasteiger partial charge >= 0.3 is 23.9 Å². The molecule has 1 aromatic carbocycles. The lowest BCUT2D eigenvalue weighted by Crippen LogP contribution is -2.64. The molecule has 11 nitrogen and oxygen atoms in total. The number of halogens is 3. The minimum Gasteiger partial charge on any atom is -0.459 e. The summed E-state index contributed by atoms with van der Waals surface area (Å²) in [5.41, 5.74) is 0.640. The predicted molar refractivity (Wildman–Crippen MR) is 121 cm³/mol. The van der Waals surface area contributed by atoms with E-state index in [-0.39, 0.29) is 6.61 Å². The highest BCUT2D eigenvalue weighted by atomic mass is 35.6. The molecule has 0 radical (unpaired) electrons. The fourth-order valence-electron chi connectivity index (χ4n) is 3.05. The number of ether oxygens (including phenoxy) is 6. The first-order valence-corrected chi connectivity index (χ1v) is 11.1. The van der Waals surface area contributed by atoms with E-state index in [9.17, 15) is 19.2 Å². The zero-order valence-corrected chi connectivity index (χ0v) is 21.0. The number of alkyl halides is 3. The van der Waals surface area contributed by atoms with Crippen molar-refractivity contribution in [3.05, 3.63) is 35.9 Å². The number of hydrogen-bond donors (Lipinski definition) is 1. The van der Waals surface area contributed by atoms with Crippen molar-refractivity contribution in [3.63, 3.8) is 0 Å². The minimum atomic E-state index is -2.35. The summed E-state index contributed by atoms with van der Waals surface area (Å²) in [7, 11) is 0. The molecule has 2 rings (SSSR count). The van der Waals surface area contributed by atoms with Crippen LogP contribution in [0.3, 0.4) is 0 Å². The SMILES string of the molecule is CC(=O)OC1C(OC(=N)C(Cl)(Cl)Cl)OC(C(=O)OCc2ccccc2)C(OC(C)=O)C1OC(C)=O. The van der Waals surface area contributed by atoms with Gasteiger partial charge in [0.25, 0.3) is 3.79 Å². The fraction of sp³-hybridized carbons (Fsp3) is 0.476. The number of carbonyl (C=O) groups is 4. The van der Waals surface area contributed by atoms with Crippen molar-refractivity contribution in [2.24, 2.45) is 0 Å². The molecule has 0 spiro atoms. The third kappa shape index (κ3) is 8.53. The van der Waals surface area contributed by atoms with Crippen LogP contribution in [-0.4, -0.2) is 64.3 Å². The van der Waals surface area contributed by atoms with Gasteiger partial charge < -0.3 is 28.4 Å². The molecule has 14 heteroatoms. The van der Waals surface area contributed by atoms with Crippen LogP contribution < -0.4 is 0 Å². The molecule has 1 aromatic rings. The summed E-state index contributed by atoms with van der Waals surface area (Å²) in [6.07, 6.45) is -8.41. The molecule has 1 aliphatic heterocycles. The maximum Gasteiger partial charge on any atom is 0.339 e. The van der Waals surface area contributed by atoms with Gasteiger partial charge in [0, 0.05) is 20.8 Å². The van der Waals surface area contributed by atoms with Gasteiger partial charge in [-0.1, -0.05) is 65.1 Å². The first kappa shape index (κ1) is 28.6. The van der Waals surface area contributed by atoms with Crippen LogP contribution in [0.15, 0.2) is 30.3 Å². The normalized spacial score (nSPS) is 24.0. The number of benzene rings is 1. The maximum atomic E-state index is 13.0. The Labute approximate surface area is 215 Å². The molecule has 192 valence electrons. The van der Waals surface area contributed by atoms with Crippen molar-refractivity contribution in [2.45, 2.75) is 61.9 Å². The van der Waals surface area contributed by atoms with Crippen LogP contribution in [0.2, 0.25) is 0 Å². The minimum absolute atomic E-state index is 0.173. The molecule has 35 heavy (non-hydrogen) atoms. The fourth-order valence-corrected chi connectivity index (χ4v) is 3.19. The van der Waals surface area contributed by atoms with Crippen LogP contribution in [0.4, 0.5) is 0 Å². The summed E-state index contributed by atoms with van der Waals surface area (Å²) in [5.74, 6) is -4.61. The first-order chi connectivity index (χ1) is 16.3. The summed E-state index contributed by atoms with van der Waals surface area (Å²) in [6, 6.07) is 8.63. The Morgan fingerprint density at radius 2 is 1.37 bits per heavy atom. The molecule has 1 N–H and O–H groups in total. The molecule has 0 aromatic heterocycles. The van der Waals surface area contributed by atoms with Crippen LogP contribution in [0, 0.1) is 5.41 Å². The monoisotopic (exact) mass is 553 g/mol. The van der Waals surface area contributed by atoms with Crippen molar-refractivity contribution >= 4 is 64.6 Å². The Kier molecular flexibility index (Phi) is 10.1. The first-order valence-electron chi connectivity index (χ1n) is 9.99. The second kappa shape index (κ2) is 12.4. The third-order valence-corrected chi connectivity index (χ3v) is 4.86. The summed E-state index contributed by atoms with van der Waals surface area (Å²) in [4.78, 5) is 48.4. The molecule has 1 aliphatic rings. The molecule has 1 fully saturated rings. The van der Waals surface area contributed by atoms with E-state index in [1.807, 2.05) is 0 Å². The van der Waals surface area contributed by atoms with Gasteiger partial charge in [-0.25, -0.2) is 4.79 Å². The summed E-state index contributed by atoms with van der Waals surface area (Å²) >= 11 is 17.0. The van der Waals surface area contributed by atoms with Gasteiger partial charge in [0.05, 0.1) is 0 Å². The number of hydrogen-bond acceptors (Lipinski definition) is 11. The van der Waals surface area contributed by atoms with Gasteiger partial charge in [0.2, 0.25) is 18.3 Å². The number of rotatable bonds is 7. The number of esters is 4. The summed E-state index contributed by atoms with van der Waals surface area (Å²) in [5, 5.41) is 7.84. The van der Waals surface area contributed by atoms with E-state index in [4.69, 9.17) is 68.6 Å². The molecular weight excluding hydrogens is 533 g/mol. The smallest absolute Gasteiger partial charge is 0.339 e. The quantitative estimate of drug-likeness (QED) is 0.175. The van der Waals surface area contributed by atoms with Crippen molar-refractivity contribution < 1.29 is 47.6 Å². The van der Waals surface area contributed by atoms with Crippen LogP contribution >= 0.6 is 34.8 Å². The molecule has 1 heterocycles. The third-order valence-electron chi connectivity index (χ3n) is 4.35. The van der Waals surface area contributed by atoms with Crippen LogP contribution in [-0.2, 0) is 54.2 Å². The molecule has 0 aliphatic carbocycles. The van der Waals surface area contributed by atoms with Gasteiger partial charge in [0.15, 0.2) is 18.3 Å². The Balaban J connectivity index is 2.44. The highest BCUT2D eigenvalue weighted by Gasteiger charge is 2.56. The number of nitrogens with one attached hydrogen (secondary N) is 1. The maximum absolute atomic E-state index is 13.0. The molecule has 1 saturated heterocycles. The van der Waals surface area contributed by atoms with Gasteiger partial charge in [-0.05, 0) is 5.56 Å². The van der Waals surface area contributed by atoms with E-state index in [0.717, 1.165) is 20.8 Å². The average molecular weight is 555 g/mol. The Bertz CT molecular complexity index is 952.